The van der Waals surface area contributed by atoms with Crippen LogP contribution in [0, 0.1) is 5.92 Å². The van der Waals surface area contributed by atoms with Crippen molar-refractivity contribution in [2.24, 2.45) is 11.7 Å². The number of amides is 1. The van der Waals surface area contributed by atoms with E-state index in [1.165, 1.54) is 32.5 Å². The van der Waals surface area contributed by atoms with E-state index in [0.29, 0.717) is 0 Å². The molecule has 0 bridgehead atoms. The van der Waals surface area contributed by atoms with Crippen molar-refractivity contribution in [3.05, 3.63) is 35.9 Å². The van der Waals surface area contributed by atoms with Crippen LogP contribution in [-0.2, 0) is 10.3 Å². The Labute approximate surface area is 163 Å². The third-order valence-corrected chi connectivity index (χ3v) is 5.43. The van der Waals surface area contributed by atoms with Gasteiger partial charge in [0.15, 0.2) is 0 Å². The van der Waals surface area contributed by atoms with E-state index < -0.39 is 5.54 Å². The van der Waals surface area contributed by atoms with Crippen molar-refractivity contribution in [3.63, 3.8) is 0 Å². The van der Waals surface area contributed by atoms with Crippen LogP contribution >= 0.6 is 24.8 Å². The van der Waals surface area contributed by atoms with E-state index in [4.69, 9.17) is 5.73 Å². The molecule has 2 fully saturated rings. The van der Waals surface area contributed by atoms with Crippen molar-refractivity contribution in [1.82, 2.24) is 9.80 Å². The van der Waals surface area contributed by atoms with Gasteiger partial charge in [0.05, 0.1) is 0 Å². The summed E-state index contributed by atoms with van der Waals surface area (Å²) < 4.78 is 0. The number of rotatable bonds is 4. The SMILES string of the molecule is CC(N)(C(=O)N1CCC(CN2CCCC2)CC1)c1ccccc1.Cl.Cl. The highest BCUT2D eigenvalue weighted by Gasteiger charge is 2.36. The summed E-state index contributed by atoms with van der Waals surface area (Å²) >= 11 is 0. The normalized spacial score (nSPS) is 21.1. The molecular formula is C19H31Cl2N3O. The first-order valence-electron chi connectivity index (χ1n) is 8.93. The maximum atomic E-state index is 12.9. The van der Waals surface area contributed by atoms with Gasteiger partial charge in [0, 0.05) is 19.6 Å². The van der Waals surface area contributed by atoms with Crippen LogP contribution in [0.25, 0.3) is 0 Å². The number of halogens is 2. The van der Waals surface area contributed by atoms with Crippen LogP contribution in [0.2, 0.25) is 0 Å². The van der Waals surface area contributed by atoms with E-state index in [0.717, 1.165) is 37.4 Å². The van der Waals surface area contributed by atoms with E-state index in [1.54, 1.807) is 0 Å². The van der Waals surface area contributed by atoms with Gasteiger partial charge >= 0.3 is 0 Å². The number of hydrogen-bond donors (Lipinski definition) is 1. The molecule has 0 spiro atoms. The maximum Gasteiger partial charge on any atom is 0.246 e. The molecule has 1 aromatic carbocycles. The lowest BCUT2D eigenvalue weighted by molar-refractivity contribution is -0.138. The second-order valence-electron chi connectivity index (χ2n) is 7.31. The van der Waals surface area contributed by atoms with E-state index in [9.17, 15) is 4.79 Å². The lowest BCUT2D eigenvalue weighted by atomic mass is 9.89. The molecule has 25 heavy (non-hydrogen) atoms. The maximum absolute atomic E-state index is 12.9. The first-order chi connectivity index (χ1) is 11.1. The Hall–Kier alpha value is -0.810. The van der Waals surface area contributed by atoms with Crippen molar-refractivity contribution in [1.29, 1.82) is 0 Å². The van der Waals surface area contributed by atoms with Gasteiger partial charge in [-0.1, -0.05) is 30.3 Å². The highest BCUT2D eigenvalue weighted by atomic mass is 35.5. The number of likely N-dealkylation sites (tertiary alicyclic amines) is 2. The highest BCUT2D eigenvalue weighted by Crippen LogP contribution is 2.25. The van der Waals surface area contributed by atoms with E-state index in [-0.39, 0.29) is 30.7 Å². The summed E-state index contributed by atoms with van der Waals surface area (Å²) in [5.74, 6) is 0.793. The molecule has 0 saturated carbocycles. The first-order valence-corrected chi connectivity index (χ1v) is 8.93. The summed E-state index contributed by atoms with van der Waals surface area (Å²) in [5.41, 5.74) is 6.34. The minimum Gasteiger partial charge on any atom is -0.341 e. The number of piperidine rings is 1. The summed E-state index contributed by atoms with van der Waals surface area (Å²) in [6.45, 7) is 7.25. The van der Waals surface area contributed by atoms with Gasteiger partial charge in [0.25, 0.3) is 0 Å². The van der Waals surface area contributed by atoms with Gasteiger partial charge in [-0.2, -0.15) is 0 Å². The average molecular weight is 388 g/mol. The molecule has 6 heteroatoms. The van der Waals surface area contributed by atoms with Crippen LogP contribution in [0.1, 0.15) is 38.2 Å². The summed E-state index contributed by atoms with van der Waals surface area (Å²) in [7, 11) is 0. The Kier molecular flexibility index (Phi) is 8.69. The molecule has 1 amide bonds. The topological polar surface area (TPSA) is 49.6 Å². The Morgan fingerprint density at radius 3 is 2.20 bits per heavy atom. The number of nitrogens with zero attached hydrogens (tertiary/aromatic N) is 2. The quantitative estimate of drug-likeness (QED) is 0.863. The molecule has 2 N–H and O–H groups in total. The number of carbonyl (C=O) groups excluding carboxylic acids is 1. The Bertz CT molecular complexity index is 525. The fraction of sp³-hybridized carbons (Fsp3) is 0.632. The van der Waals surface area contributed by atoms with Crippen LogP contribution < -0.4 is 5.73 Å². The van der Waals surface area contributed by atoms with Gasteiger partial charge in [-0.15, -0.1) is 24.8 Å². The van der Waals surface area contributed by atoms with Crippen LogP contribution in [0.5, 0.6) is 0 Å². The van der Waals surface area contributed by atoms with Crippen LogP contribution in [0.3, 0.4) is 0 Å². The standard InChI is InChI=1S/C19H29N3O.2ClH/c1-19(20,17-7-3-2-4-8-17)18(23)22-13-9-16(10-14-22)15-21-11-5-6-12-21;;/h2-4,7-8,16H,5-6,9-15,20H2,1H3;2*1H. The van der Waals surface area contributed by atoms with Crippen molar-refractivity contribution in [2.45, 2.75) is 38.1 Å². The number of nitrogens with two attached hydrogens (primary N) is 1. The molecule has 2 aliphatic heterocycles. The number of hydrogen-bond acceptors (Lipinski definition) is 3. The second kappa shape index (κ2) is 9.77. The zero-order valence-electron chi connectivity index (χ0n) is 15.0. The minimum absolute atomic E-state index is 0. The predicted molar refractivity (Wildman–Crippen MR) is 107 cm³/mol. The van der Waals surface area contributed by atoms with Gasteiger partial charge in [-0.3, -0.25) is 4.79 Å². The molecule has 3 rings (SSSR count). The van der Waals surface area contributed by atoms with Gasteiger partial charge in [-0.05, 0) is 57.2 Å². The van der Waals surface area contributed by atoms with Crippen molar-refractivity contribution < 1.29 is 4.79 Å². The summed E-state index contributed by atoms with van der Waals surface area (Å²) in [5, 5.41) is 0. The summed E-state index contributed by atoms with van der Waals surface area (Å²) in [6.07, 6.45) is 4.90. The molecule has 0 aliphatic carbocycles. The zero-order valence-corrected chi connectivity index (χ0v) is 16.7. The highest BCUT2D eigenvalue weighted by molar-refractivity contribution is 5.87. The molecule has 4 nitrogen and oxygen atoms in total. The van der Waals surface area contributed by atoms with Gasteiger partial charge in [-0.25, -0.2) is 0 Å². The van der Waals surface area contributed by atoms with Crippen molar-refractivity contribution >= 4 is 30.7 Å². The van der Waals surface area contributed by atoms with Crippen LogP contribution in [-0.4, -0.2) is 48.4 Å². The summed E-state index contributed by atoms with van der Waals surface area (Å²) in [4.78, 5) is 17.4. The zero-order chi connectivity index (χ0) is 16.3. The third-order valence-electron chi connectivity index (χ3n) is 5.43. The minimum atomic E-state index is -0.928. The second-order valence-corrected chi connectivity index (χ2v) is 7.31. The van der Waals surface area contributed by atoms with Crippen molar-refractivity contribution in [3.8, 4) is 0 Å². The van der Waals surface area contributed by atoms with E-state index in [1.807, 2.05) is 42.2 Å². The molecule has 0 aromatic heterocycles. The molecule has 2 saturated heterocycles. The summed E-state index contributed by atoms with van der Waals surface area (Å²) in [6, 6.07) is 9.72. The Morgan fingerprint density at radius 1 is 1.08 bits per heavy atom. The van der Waals surface area contributed by atoms with Gasteiger partial charge < -0.3 is 15.5 Å². The van der Waals surface area contributed by atoms with E-state index >= 15 is 0 Å². The van der Waals surface area contributed by atoms with Crippen LogP contribution in [0.15, 0.2) is 30.3 Å². The van der Waals surface area contributed by atoms with Crippen molar-refractivity contribution in [2.75, 3.05) is 32.7 Å². The molecule has 1 aromatic rings. The van der Waals surface area contributed by atoms with Gasteiger partial charge in [0.2, 0.25) is 5.91 Å². The Morgan fingerprint density at radius 2 is 1.64 bits per heavy atom. The Balaban J connectivity index is 0.00000156. The monoisotopic (exact) mass is 387 g/mol. The van der Waals surface area contributed by atoms with Gasteiger partial charge in [0.1, 0.15) is 5.54 Å². The molecule has 2 heterocycles. The molecule has 0 radical (unpaired) electrons. The lowest BCUT2D eigenvalue weighted by Gasteiger charge is -2.38. The molecule has 1 atom stereocenters. The first kappa shape index (κ1) is 22.2. The third kappa shape index (κ3) is 5.33. The van der Waals surface area contributed by atoms with Crippen LogP contribution in [0.4, 0.5) is 0 Å². The molecule has 2 aliphatic rings. The smallest absolute Gasteiger partial charge is 0.246 e. The molecule has 1 unspecified atom stereocenters. The average Bonchev–Trinajstić information content (AvgIpc) is 3.09. The molecular weight excluding hydrogens is 357 g/mol. The van der Waals surface area contributed by atoms with E-state index in [2.05, 4.69) is 4.90 Å². The molecule has 142 valence electrons. The fourth-order valence-corrected chi connectivity index (χ4v) is 3.89. The predicted octanol–water partition coefficient (Wildman–Crippen LogP) is 3.04. The lowest BCUT2D eigenvalue weighted by Crippen LogP contribution is -2.53. The fourth-order valence-electron chi connectivity index (χ4n) is 3.89. The number of carbonyl (C=O) groups is 1. The largest absolute Gasteiger partial charge is 0.341 e. The number of benzene rings is 1.